The second-order valence-corrected chi connectivity index (χ2v) is 4.02. The van der Waals surface area contributed by atoms with Crippen LogP contribution in [0.3, 0.4) is 0 Å². The summed E-state index contributed by atoms with van der Waals surface area (Å²) in [6.45, 7) is 3.89. The first-order valence-corrected chi connectivity index (χ1v) is 4.85. The maximum Gasteiger partial charge on any atom is 0.214 e. The van der Waals surface area contributed by atoms with Crippen LogP contribution < -0.4 is 5.73 Å². The third kappa shape index (κ3) is 1.37. The van der Waals surface area contributed by atoms with E-state index < -0.39 is 0 Å². The fourth-order valence-electron chi connectivity index (χ4n) is 1.91. The van der Waals surface area contributed by atoms with Gasteiger partial charge < -0.3 is 10.2 Å². The third-order valence-electron chi connectivity index (χ3n) is 2.95. The lowest BCUT2D eigenvalue weighted by atomic mass is 10.00. The summed E-state index contributed by atoms with van der Waals surface area (Å²) < 4.78 is 5.57. The minimum absolute atomic E-state index is 0.279. The number of rotatable bonds is 1. The van der Waals surface area contributed by atoms with Gasteiger partial charge in [-0.3, -0.25) is 0 Å². The van der Waals surface area contributed by atoms with Crippen molar-refractivity contribution in [2.75, 3.05) is 0 Å². The third-order valence-corrected chi connectivity index (χ3v) is 2.95. The second-order valence-electron chi connectivity index (χ2n) is 4.02. The van der Waals surface area contributed by atoms with Gasteiger partial charge in [0.05, 0.1) is 11.2 Å². The van der Waals surface area contributed by atoms with Crippen LogP contribution in [0.5, 0.6) is 0 Å². The number of aromatic nitrogens is 1. The first-order chi connectivity index (χ1) is 6.12. The zero-order chi connectivity index (χ0) is 9.47. The van der Waals surface area contributed by atoms with Crippen LogP contribution in [0.1, 0.15) is 43.0 Å². The van der Waals surface area contributed by atoms with Crippen LogP contribution in [0.4, 0.5) is 0 Å². The van der Waals surface area contributed by atoms with E-state index in [1.54, 1.807) is 0 Å². The van der Waals surface area contributed by atoms with Crippen LogP contribution in [-0.2, 0) is 5.54 Å². The second kappa shape index (κ2) is 2.84. The Labute approximate surface area is 78.3 Å². The van der Waals surface area contributed by atoms with Crippen molar-refractivity contribution in [3.8, 4) is 0 Å². The molecule has 0 amide bonds. The van der Waals surface area contributed by atoms with E-state index in [-0.39, 0.29) is 5.54 Å². The van der Waals surface area contributed by atoms with Crippen LogP contribution in [0.2, 0.25) is 0 Å². The molecule has 1 aromatic heterocycles. The number of hydrogen-bond donors (Lipinski definition) is 1. The van der Waals surface area contributed by atoms with Gasteiger partial charge in [-0.2, -0.15) is 0 Å². The fraction of sp³-hybridized carbons (Fsp3) is 0.700. The van der Waals surface area contributed by atoms with Gasteiger partial charge in [0.15, 0.2) is 0 Å². The summed E-state index contributed by atoms with van der Waals surface area (Å²) in [5.41, 5.74) is 6.89. The molecule has 0 aliphatic heterocycles. The molecule has 1 aliphatic rings. The lowest BCUT2D eigenvalue weighted by Crippen LogP contribution is -2.33. The molecule has 3 nitrogen and oxygen atoms in total. The minimum atomic E-state index is -0.279. The Kier molecular flexibility index (Phi) is 1.91. The Morgan fingerprint density at radius 2 is 1.92 bits per heavy atom. The molecule has 13 heavy (non-hydrogen) atoms. The number of nitrogens with zero attached hydrogens (tertiary/aromatic N) is 1. The van der Waals surface area contributed by atoms with Crippen LogP contribution in [-0.4, -0.2) is 4.98 Å². The molecule has 3 heteroatoms. The summed E-state index contributed by atoms with van der Waals surface area (Å²) in [5.74, 6) is 1.63. The maximum absolute atomic E-state index is 6.21. The molecule has 1 aliphatic carbocycles. The molecule has 2 N–H and O–H groups in total. The SMILES string of the molecule is Cc1nc(C2(N)CCCC2)oc1C. The van der Waals surface area contributed by atoms with Gasteiger partial charge in [-0.15, -0.1) is 0 Å². The molecule has 2 rings (SSSR count). The maximum atomic E-state index is 6.21. The van der Waals surface area contributed by atoms with Crippen LogP contribution in [0, 0.1) is 13.8 Å². The fourth-order valence-corrected chi connectivity index (χ4v) is 1.91. The standard InChI is InChI=1S/C10H16N2O/c1-7-8(2)13-9(12-7)10(11)5-3-4-6-10/h3-6,11H2,1-2H3. The number of aryl methyl sites for hydroxylation is 2. The normalized spacial score (nSPS) is 20.8. The zero-order valence-electron chi connectivity index (χ0n) is 8.26. The van der Waals surface area contributed by atoms with E-state index in [1.165, 1.54) is 12.8 Å². The summed E-state index contributed by atoms with van der Waals surface area (Å²) in [7, 11) is 0. The van der Waals surface area contributed by atoms with Crippen molar-refractivity contribution in [2.45, 2.75) is 45.1 Å². The number of hydrogen-bond acceptors (Lipinski definition) is 3. The van der Waals surface area contributed by atoms with Crippen molar-refractivity contribution in [3.05, 3.63) is 17.3 Å². The molecule has 1 saturated carbocycles. The van der Waals surface area contributed by atoms with Gasteiger partial charge in [0.25, 0.3) is 0 Å². The van der Waals surface area contributed by atoms with E-state index in [4.69, 9.17) is 10.2 Å². The highest BCUT2D eigenvalue weighted by molar-refractivity contribution is 5.12. The van der Waals surface area contributed by atoms with E-state index in [2.05, 4.69) is 4.98 Å². The predicted octanol–water partition coefficient (Wildman–Crippen LogP) is 2.02. The molecule has 0 unspecified atom stereocenters. The van der Waals surface area contributed by atoms with Gasteiger partial charge in [-0.05, 0) is 26.7 Å². The number of nitrogens with two attached hydrogens (primary N) is 1. The average molecular weight is 180 g/mol. The van der Waals surface area contributed by atoms with Gasteiger partial charge in [0, 0.05) is 0 Å². The summed E-state index contributed by atoms with van der Waals surface area (Å²) in [6, 6.07) is 0. The van der Waals surface area contributed by atoms with Crippen molar-refractivity contribution < 1.29 is 4.42 Å². The van der Waals surface area contributed by atoms with Crippen molar-refractivity contribution in [2.24, 2.45) is 5.73 Å². The topological polar surface area (TPSA) is 52.0 Å². The van der Waals surface area contributed by atoms with Crippen molar-refractivity contribution >= 4 is 0 Å². The largest absolute Gasteiger partial charge is 0.444 e. The molecular formula is C10H16N2O. The summed E-state index contributed by atoms with van der Waals surface area (Å²) in [4.78, 5) is 4.37. The molecule has 1 fully saturated rings. The van der Waals surface area contributed by atoms with Gasteiger partial charge >= 0.3 is 0 Å². The Hall–Kier alpha value is -0.830. The highest BCUT2D eigenvalue weighted by atomic mass is 16.4. The predicted molar refractivity (Wildman–Crippen MR) is 50.3 cm³/mol. The first-order valence-electron chi connectivity index (χ1n) is 4.85. The lowest BCUT2D eigenvalue weighted by molar-refractivity contribution is 0.327. The van der Waals surface area contributed by atoms with Crippen LogP contribution in [0.15, 0.2) is 4.42 Å². The van der Waals surface area contributed by atoms with Crippen LogP contribution in [0.25, 0.3) is 0 Å². The minimum Gasteiger partial charge on any atom is -0.444 e. The first kappa shape index (κ1) is 8.75. The van der Waals surface area contributed by atoms with Gasteiger partial charge in [0.1, 0.15) is 5.76 Å². The molecule has 0 aromatic carbocycles. The molecule has 1 aromatic rings. The summed E-state index contributed by atoms with van der Waals surface area (Å²) in [6.07, 6.45) is 4.40. The molecule has 0 atom stereocenters. The van der Waals surface area contributed by atoms with E-state index >= 15 is 0 Å². The quantitative estimate of drug-likeness (QED) is 0.719. The molecule has 0 bridgehead atoms. The van der Waals surface area contributed by atoms with Crippen LogP contribution >= 0.6 is 0 Å². The molecule has 0 radical (unpaired) electrons. The Balaban J connectivity index is 2.34. The molecule has 0 saturated heterocycles. The zero-order valence-corrected chi connectivity index (χ0v) is 8.26. The molecule has 0 spiro atoms. The Morgan fingerprint density at radius 3 is 2.38 bits per heavy atom. The highest BCUT2D eigenvalue weighted by Gasteiger charge is 2.36. The summed E-state index contributed by atoms with van der Waals surface area (Å²) >= 11 is 0. The van der Waals surface area contributed by atoms with E-state index in [1.807, 2.05) is 13.8 Å². The van der Waals surface area contributed by atoms with E-state index in [9.17, 15) is 0 Å². The number of oxazole rings is 1. The van der Waals surface area contributed by atoms with E-state index in [0.29, 0.717) is 0 Å². The van der Waals surface area contributed by atoms with Gasteiger partial charge in [-0.25, -0.2) is 4.98 Å². The van der Waals surface area contributed by atoms with Gasteiger partial charge in [0.2, 0.25) is 5.89 Å². The highest BCUT2D eigenvalue weighted by Crippen LogP contribution is 2.36. The monoisotopic (exact) mass is 180 g/mol. The molecule has 1 heterocycles. The molecular weight excluding hydrogens is 164 g/mol. The van der Waals surface area contributed by atoms with Gasteiger partial charge in [-0.1, -0.05) is 12.8 Å². The summed E-state index contributed by atoms with van der Waals surface area (Å²) in [5, 5.41) is 0. The average Bonchev–Trinajstić information content (AvgIpc) is 2.62. The lowest BCUT2D eigenvalue weighted by Gasteiger charge is -2.18. The Bertz CT molecular complexity index is 291. The smallest absolute Gasteiger partial charge is 0.214 e. The van der Waals surface area contributed by atoms with Crippen molar-refractivity contribution in [3.63, 3.8) is 0 Å². The van der Waals surface area contributed by atoms with E-state index in [0.717, 1.165) is 30.2 Å². The van der Waals surface area contributed by atoms with Crippen molar-refractivity contribution in [1.82, 2.24) is 4.98 Å². The van der Waals surface area contributed by atoms with Crippen molar-refractivity contribution in [1.29, 1.82) is 0 Å². The Morgan fingerprint density at radius 1 is 1.31 bits per heavy atom. The molecule has 72 valence electrons.